The van der Waals surface area contributed by atoms with Crippen LogP contribution >= 0.6 is 0 Å². The molecule has 0 saturated carbocycles. The van der Waals surface area contributed by atoms with E-state index in [1.807, 2.05) is 33.9 Å². The maximum atomic E-state index is 3.95. The summed E-state index contributed by atoms with van der Waals surface area (Å²) < 4.78 is 0. The molecule has 1 heterocycles. The van der Waals surface area contributed by atoms with Gasteiger partial charge in [-0.2, -0.15) is 5.10 Å². The lowest BCUT2D eigenvalue weighted by Gasteiger charge is -1.93. The average molecular weight is 206 g/mol. The lowest BCUT2D eigenvalue weighted by molar-refractivity contribution is 1.11. The summed E-state index contributed by atoms with van der Waals surface area (Å²) in [7, 11) is 0. The number of H-pyrrole nitrogens is 1. The maximum absolute atomic E-state index is 3.95. The van der Waals surface area contributed by atoms with Crippen molar-refractivity contribution >= 4 is 10.9 Å². The van der Waals surface area contributed by atoms with Crippen LogP contribution in [0.2, 0.25) is 0 Å². The third-order valence-electron chi connectivity index (χ3n) is 1.91. The Bertz CT molecular complexity index is 363. The lowest BCUT2D eigenvalue weighted by atomic mass is 10.1. The van der Waals surface area contributed by atoms with Crippen molar-refractivity contribution in [1.82, 2.24) is 10.2 Å². The first-order valence-electron chi connectivity index (χ1n) is 5.82. The Morgan fingerprint density at radius 2 is 1.80 bits per heavy atom. The van der Waals surface area contributed by atoms with E-state index in [0.29, 0.717) is 0 Å². The molecule has 0 unspecified atom stereocenters. The number of hydrogen-bond acceptors (Lipinski definition) is 1. The highest BCUT2D eigenvalue weighted by atomic mass is 15.1. The second kappa shape index (κ2) is 8.04. The van der Waals surface area contributed by atoms with Crippen LogP contribution in [-0.2, 0) is 6.42 Å². The molecular formula is C13H22N2. The molecule has 2 nitrogen and oxygen atoms in total. The Labute approximate surface area is 92.7 Å². The highest BCUT2D eigenvalue weighted by Crippen LogP contribution is 2.12. The molecule has 1 aromatic heterocycles. The minimum atomic E-state index is 1.08. The molecule has 0 aliphatic carbocycles. The van der Waals surface area contributed by atoms with Gasteiger partial charge in [0.25, 0.3) is 0 Å². The first-order valence-corrected chi connectivity index (χ1v) is 5.82. The van der Waals surface area contributed by atoms with Gasteiger partial charge in [0.1, 0.15) is 0 Å². The van der Waals surface area contributed by atoms with E-state index in [0.717, 1.165) is 11.9 Å². The molecule has 2 aromatic rings. The van der Waals surface area contributed by atoms with Crippen LogP contribution in [0.15, 0.2) is 24.4 Å². The average Bonchev–Trinajstić information content (AvgIpc) is 2.81. The molecule has 0 fully saturated rings. The van der Waals surface area contributed by atoms with E-state index in [1.54, 1.807) is 0 Å². The van der Waals surface area contributed by atoms with Crippen molar-refractivity contribution in [3.05, 3.63) is 30.0 Å². The van der Waals surface area contributed by atoms with Gasteiger partial charge < -0.3 is 0 Å². The van der Waals surface area contributed by atoms with E-state index < -0.39 is 0 Å². The molecule has 84 valence electrons. The fourth-order valence-electron chi connectivity index (χ4n) is 1.20. The van der Waals surface area contributed by atoms with Crippen molar-refractivity contribution in [1.29, 1.82) is 0 Å². The molecule has 1 N–H and O–H groups in total. The first kappa shape index (κ1) is 13.7. The van der Waals surface area contributed by atoms with Crippen molar-refractivity contribution in [2.24, 2.45) is 0 Å². The molecule has 0 aliphatic rings. The van der Waals surface area contributed by atoms with Crippen molar-refractivity contribution in [3.63, 3.8) is 0 Å². The van der Waals surface area contributed by atoms with Gasteiger partial charge in [-0.05, 0) is 18.1 Å². The Morgan fingerprint density at radius 3 is 2.40 bits per heavy atom. The number of aromatic amines is 1. The van der Waals surface area contributed by atoms with E-state index in [2.05, 4.69) is 35.3 Å². The molecule has 0 atom stereocenters. The van der Waals surface area contributed by atoms with Gasteiger partial charge in [0, 0.05) is 5.39 Å². The van der Waals surface area contributed by atoms with Crippen molar-refractivity contribution in [3.8, 4) is 0 Å². The molecule has 0 saturated heterocycles. The predicted molar refractivity (Wildman–Crippen MR) is 68.2 cm³/mol. The monoisotopic (exact) mass is 206 g/mol. The van der Waals surface area contributed by atoms with Gasteiger partial charge in [-0.25, -0.2) is 0 Å². The van der Waals surface area contributed by atoms with E-state index in [1.165, 1.54) is 10.9 Å². The quantitative estimate of drug-likeness (QED) is 0.745. The van der Waals surface area contributed by atoms with Crippen LogP contribution in [0.4, 0.5) is 0 Å². The van der Waals surface area contributed by atoms with Gasteiger partial charge >= 0.3 is 0 Å². The Kier molecular flexibility index (Phi) is 7.33. The van der Waals surface area contributed by atoms with E-state index in [4.69, 9.17) is 0 Å². The molecule has 1 aromatic carbocycles. The van der Waals surface area contributed by atoms with Gasteiger partial charge in [-0.3, -0.25) is 5.10 Å². The largest absolute Gasteiger partial charge is 0.278 e. The summed E-state index contributed by atoms with van der Waals surface area (Å²) >= 11 is 0. The van der Waals surface area contributed by atoms with Crippen LogP contribution in [0.3, 0.4) is 0 Å². The Balaban J connectivity index is 0.000000442. The number of aromatic nitrogens is 2. The summed E-state index contributed by atoms with van der Waals surface area (Å²) in [5.41, 5.74) is 2.48. The van der Waals surface area contributed by atoms with Crippen LogP contribution in [0.1, 0.15) is 40.2 Å². The fourth-order valence-corrected chi connectivity index (χ4v) is 1.20. The molecule has 0 bridgehead atoms. The van der Waals surface area contributed by atoms with Crippen LogP contribution < -0.4 is 0 Å². The molecule has 0 radical (unpaired) electrons. The van der Waals surface area contributed by atoms with Gasteiger partial charge in [-0.1, -0.05) is 46.8 Å². The molecule has 0 amide bonds. The summed E-state index contributed by atoms with van der Waals surface area (Å²) in [4.78, 5) is 0. The van der Waals surface area contributed by atoms with E-state index in [9.17, 15) is 0 Å². The third-order valence-corrected chi connectivity index (χ3v) is 1.91. The maximum Gasteiger partial charge on any atom is 0.0653 e. The van der Waals surface area contributed by atoms with Gasteiger partial charge in [0.05, 0.1) is 11.7 Å². The summed E-state index contributed by atoms with van der Waals surface area (Å²) in [6.45, 7) is 10.2. The number of rotatable bonds is 1. The van der Waals surface area contributed by atoms with Crippen LogP contribution in [0.25, 0.3) is 10.9 Å². The van der Waals surface area contributed by atoms with Crippen LogP contribution in [0.5, 0.6) is 0 Å². The number of aryl methyl sites for hydroxylation is 1. The normalized spacial score (nSPS) is 8.60. The van der Waals surface area contributed by atoms with Crippen LogP contribution in [-0.4, -0.2) is 10.2 Å². The number of hydrogen-bond donors (Lipinski definition) is 1. The standard InChI is InChI=1S/C9H10N2.2C2H6/c1-2-7-3-4-8-6-10-11-9(8)5-7;2*1-2/h3-6H,2H2,1H3,(H,10,11);2*1-2H3. The lowest BCUT2D eigenvalue weighted by Crippen LogP contribution is -1.78. The molecule has 2 heteroatoms. The predicted octanol–water partition coefficient (Wildman–Crippen LogP) is 4.18. The number of nitrogens with one attached hydrogen (secondary N) is 1. The highest BCUT2D eigenvalue weighted by Gasteiger charge is 1.94. The minimum absolute atomic E-state index is 1.08. The number of benzene rings is 1. The fraction of sp³-hybridized carbons (Fsp3) is 0.462. The second-order valence-electron chi connectivity index (χ2n) is 2.65. The zero-order chi connectivity index (χ0) is 11.7. The topological polar surface area (TPSA) is 28.7 Å². The molecule has 0 spiro atoms. The molecular weight excluding hydrogens is 184 g/mol. The summed E-state index contributed by atoms with van der Waals surface area (Å²) in [6, 6.07) is 6.37. The smallest absolute Gasteiger partial charge is 0.0653 e. The number of fused-ring (bicyclic) bond motifs is 1. The van der Waals surface area contributed by atoms with Gasteiger partial charge in [0.15, 0.2) is 0 Å². The molecule has 15 heavy (non-hydrogen) atoms. The second-order valence-corrected chi connectivity index (χ2v) is 2.65. The Hall–Kier alpha value is -1.31. The van der Waals surface area contributed by atoms with Crippen molar-refractivity contribution < 1.29 is 0 Å². The molecule has 2 rings (SSSR count). The first-order chi connectivity index (χ1) is 7.40. The van der Waals surface area contributed by atoms with E-state index >= 15 is 0 Å². The zero-order valence-corrected chi connectivity index (χ0v) is 10.5. The zero-order valence-electron chi connectivity index (χ0n) is 10.5. The summed E-state index contributed by atoms with van der Waals surface area (Å²) in [5.74, 6) is 0. The molecule has 0 aliphatic heterocycles. The Morgan fingerprint density at radius 1 is 1.13 bits per heavy atom. The van der Waals surface area contributed by atoms with E-state index in [-0.39, 0.29) is 0 Å². The summed E-state index contributed by atoms with van der Waals surface area (Å²) in [5, 5.41) is 8.08. The van der Waals surface area contributed by atoms with Gasteiger partial charge in [-0.15, -0.1) is 0 Å². The van der Waals surface area contributed by atoms with Crippen molar-refractivity contribution in [2.45, 2.75) is 41.0 Å². The third kappa shape index (κ3) is 3.74. The summed E-state index contributed by atoms with van der Waals surface area (Å²) in [6.07, 6.45) is 2.92. The number of nitrogens with zero attached hydrogens (tertiary/aromatic N) is 1. The van der Waals surface area contributed by atoms with Gasteiger partial charge in [0.2, 0.25) is 0 Å². The minimum Gasteiger partial charge on any atom is -0.278 e. The van der Waals surface area contributed by atoms with Crippen LogP contribution in [0, 0.1) is 0 Å². The highest BCUT2D eigenvalue weighted by molar-refractivity contribution is 5.78. The SMILES string of the molecule is CC.CC.CCc1ccc2cn[nH]c2c1. The van der Waals surface area contributed by atoms with Crippen molar-refractivity contribution in [2.75, 3.05) is 0 Å².